The summed E-state index contributed by atoms with van der Waals surface area (Å²) in [4.78, 5) is 0. The van der Waals surface area contributed by atoms with Gasteiger partial charge in [0.2, 0.25) is 0 Å². The SMILES string of the molecule is CCCC(N)c1cn(-c2ccccc2I)nn1. The summed E-state index contributed by atoms with van der Waals surface area (Å²) in [5, 5.41) is 8.27. The van der Waals surface area contributed by atoms with Crippen molar-refractivity contribution in [3.8, 4) is 5.69 Å². The van der Waals surface area contributed by atoms with Crippen molar-refractivity contribution in [3.63, 3.8) is 0 Å². The Kier molecular flexibility index (Phi) is 4.11. The molecule has 0 saturated carbocycles. The van der Waals surface area contributed by atoms with Crippen molar-refractivity contribution in [2.24, 2.45) is 5.73 Å². The van der Waals surface area contributed by atoms with Crippen LogP contribution in [-0.2, 0) is 0 Å². The van der Waals surface area contributed by atoms with E-state index in [1.54, 1.807) is 4.68 Å². The number of halogens is 1. The standard InChI is InChI=1S/C12H15IN4/c1-2-5-10(14)11-8-17(16-15-11)12-7-4-3-6-9(12)13/h3-4,6-8,10H,2,5,14H2,1H3. The summed E-state index contributed by atoms with van der Waals surface area (Å²) in [5.41, 5.74) is 7.91. The smallest absolute Gasteiger partial charge is 0.0998 e. The highest BCUT2D eigenvalue weighted by Crippen LogP contribution is 2.18. The zero-order valence-corrected chi connectivity index (χ0v) is 11.8. The first-order valence-corrected chi connectivity index (χ1v) is 6.73. The van der Waals surface area contributed by atoms with Crippen LogP contribution in [0, 0.1) is 3.57 Å². The van der Waals surface area contributed by atoms with E-state index in [9.17, 15) is 0 Å². The largest absolute Gasteiger partial charge is 0.323 e. The van der Waals surface area contributed by atoms with Crippen LogP contribution in [0.15, 0.2) is 30.5 Å². The minimum Gasteiger partial charge on any atom is -0.323 e. The van der Waals surface area contributed by atoms with Gasteiger partial charge in [-0.05, 0) is 41.1 Å². The fraction of sp³-hybridized carbons (Fsp3) is 0.333. The average molecular weight is 342 g/mol. The molecule has 17 heavy (non-hydrogen) atoms. The maximum Gasteiger partial charge on any atom is 0.0998 e. The highest BCUT2D eigenvalue weighted by atomic mass is 127. The molecule has 0 bridgehead atoms. The maximum absolute atomic E-state index is 6.02. The Morgan fingerprint density at radius 2 is 2.18 bits per heavy atom. The van der Waals surface area contributed by atoms with Crippen molar-refractivity contribution < 1.29 is 0 Å². The number of para-hydroxylation sites is 1. The zero-order valence-electron chi connectivity index (χ0n) is 9.68. The number of aromatic nitrogens is 3. The van der Waals surface area contributed by atoms with E-state index in [-0.39, 0.29) is 6.04 Å². The molecule has 1 unspecified atom stereocenters. The van der Waals surface area contributed by atoms with Crippen molar-refractivity contribution in [3.05, 3.63) is 39.7 Å². The van der Waals surface area contributed by atoms with Gasteiger partial charge in [0.15, 0.2) is 0 Å². The van der Waals surface area contributed by atoms with Crippen LogP contribution in [0.4, 0.5) is 0 Å². The summed E-state index contributed by atoms with van der Waals surface area (Å²) in [6, 6.07) is 8.04. The van der Waals surface area contributed by atoms with Crippen LogP contribution >= 0.6 is 22.6 Å². The molecule has 2 N–H and O–H groups in total. The van der Waals surface area contributed by atoms with Gasteiger partial charge in [-0.15, -0.1) is 5.10 Å². The minimum atomic E-state index is -0.0184. The van der Waals surface area contributed by atoms with Crippen molar-refractivity contribution in [2.45, 2.75) is 25.8 Å². The lowest BCUT2D eigenvalue weighted by Gasteiger charge is -2.05. The van der Waals surface area contributed by atoms with Gasteiger partial charge in [0.25, 0.3) is 0 Å². The summed E-state index contributed by atoms with van der Waals surface area (Å²) < 4.78 is 2.93. The second kappa shape index (κ2) is 5.59. The van der Waals surface area contributed by atoms with Crippen molar-refractivity contribution in [1.82, 2.24) is 15.0 Å². The van der Waals surface area contributed by atoms with E-state index in [0.29, 0.717) is 0 Å². The van der Waals surface area contributed by atoms with Crippen LogP contribution in [0.25, 0.3) is 5.69 Å². The Morgan fingerprint density at radius 3 is 2.88 bits per heavy atom. The lowest BCUT2D eigenvalue weighted by molar-refractivity contribution is 0.619. The number of rotatable bonds is 4. The summed E-state index contributed by atoms with van der Waals surface area (Å²) in [6.45, 7) is 2.12. The Bertz CT molecular complexity index is 495. The maximum atomic E-state index is 6.02. The molecule has 1 atom stereocenters. The third-order valence-electron chi connectivity index (χ3n) is 2.59. The van der Waals surface area contributed by atoms with Crippen LogP contribution in [-0.4, -0.2) is 15.0 Å². The molecule has 0 radical (unpaired) electrons. The molecule has 5 heteroatoms. The van der Waals surface area contributed by atoms with Gasteiger partial charge in [0.05, 0.1) is 23.6 Å². The third-order valence-corrected chi connectivity index (χ3v) is 3.50. The fourth-order valence-electron chi connectivity index (χ4n) is 1.66. The van der Waals surface area contributed by atoms with Crippen molar-refractivity contribution in [1.29, 1.82) is 0 Å². The molecule has 0 spiro atoms. The summed E-state index contributed by atoms with van der Waals surface area (Å²) in [6.07, 6.45) is 3.90. The second-order valence-electron chi connectivity index (χ2n) is 3.93. The normalized spacial score (nSPS) is 12.6. The van der Waals surface area contributed by atoms with Crippen molar-refractivity contribution >= 4 is 22.6 Å². The third kappa shape index (κ3) is 2.84. The molecule has 0 aliphatic heterocycles. The van der Waals surface area contributed by atoms with E-state index in [2.05, 4.69) is 39.8 Å². The highest BCUT2D eigenvalue weighted by molar-refractivity contribution is 14.1. The summed E-state index contributed by atoms with van der Waals surface area (Å²) in [5.74, 6) is 0. The van der Waals surface area contributed by atoms with Gasteiger partial charge in [-0.1, -0.05) is 30.7 Å². The number of nitrogens with zero attached hydrogens (tertiary/aromatic N) is 3. The molecule has 90 valence electrons. The molecule has 0 saturated heterocycles. The lowest BCUT2D eigenvalue weighted by Crippen LogP contribution is -2.10. The predicted molar refractivity (Wildman–Crippen MR) is 75.9 cm³/mol. The molecule has 0 aliphatic carbocycles. The molecule has 4 nitrogen and oxygen atoms in total. The Balaban J connectivity index is 2.27. The fourth-order valence-corrected chi connectivity index (χ4v) is 2.30. The van der Waals surface area contributed by atoms with Gasteiger partial charge in [-0.3, -0.25) is 0 Å². The van der Waals surface area contributed by atoms with E-state index in [4.69, 9.17) is 5.73 Å². The number of hydrogen-bond acceptors (Lipinski definition) is 3. The number of benzene rings is 1. The number of nitrogens with two attached hydrogens (primary N) is 1. The Labute approximate surface area is 114 Å². The first-order valence-electron chi connectivity index (χ1n) is 5.65. The van der Waals surface area contributed by atoms with Crippen LogP contribution < -0.4 is 5.73 Å². The topological polar surface area (TPSA) is 56.7 Å². The summed E-state index contributed by atoms with van der Waals surface area (Å²) >= 11 is 2.29. The van der Waals surface area contributed by atoms with E-state index in [1.807, 2.05) is 30.5 Å². The van der Waals surface area contributed by atoms with E-state index in [0.717, 1.165) is 27.8 Å². The first kappa shape index (κ1) is 12.5. The molecule has 1 aromatic heterocycles. The van der Waals surface area contributed by atoms with Crippen LogP contribution in [0.1, 0.15) is 31.5 Å². The van der Waals surface area contributed by atoms with Gasteiger partial charge in [0.1, 0.15) is 0 Å². The molecular weight excluding hydrogens is 327 g/mol. The molecule has 2 aromatic rings. The van der Waals surface area contributed by atoms with E-state index in [1.165, 1.54) is 0 Å². The Hall–Kier alpha value is -0.950. The first-order chi connectivity index (χ1) is 8.22. The molecule has 0 fully saturated rings. The minimum absolute atomic E-state index is 0.0184. The quantitative estimate of drug-likeness (QED) is 0.870. The molecule has 0 amide bonds. The summed E-state index contributed by atoms with van der Waals surface area (Å²) in [7, 11) is 0. The van der Waals surface area contributed by atoms with Gasteiger partial charge in [0, 0.05) is 3.57 Å². The monoisotopic (exact) mass is 342 g/mol. The van der Waals surface area contributed by atoms with Crippen LogP contribution in [0.5, 0.6) is 0 Å². The van der Waals surface area contributed by atoms with Crippen LogP contribution in [0.3, 0.4) is 0 Å². The number of hydrogen-bond donors (Lipinski definition) is 1. The highest BCUT2D eigenvalue weighted by Gasteiger charge is 2.11. The Morgan fingerprint density at radius 1 is 1.41 bits per heavy atom. The lowest BCUT2D eigenvalue weighted by atomic mass is 10.1. The molecular formula is C12H15IN4. The van der Waals surface area contributed by atoms with Gasteiger partial charge < -0.3 is 5.73 Å². The van der Waals surface area contributed by atoms with Gasteiger partial charge >= 0.3 is 0 Å². The molecule has 2 rings (SSSR count). The second-order valence-corrected chi connectivity index (χ2v) is 5.10. The van der Waals surface area contributed by atoms with Crippen molar-refractivity contribution in [2.75, 3.05) is 0 Å². The molecule has 1 aromatic carbocycles. The average Bonchev–Trinajstić information content (AvgIpc) is 2.79. The zero-order chi connectivity index (χ0) is 12.3. The molecule has 1 heterocycles. The van der Waals surface area contributed by atoms with Gasteiger partial charge in [-0.2, -0.15) is 0 Å². The van der Waals surface area contributed by atoms with E-state index >= 15 is 0 Å². The van der Waals surface area contributed by atoms with Crippen LogP contribution in [0.2, 0.25) is 0 Å². The molecule has 0 aliphatic rings. The predicted octanol–water partition coefficient (Wildman–Crippen LogP) is 2.67. The van der Waals surface area contributed by atoms with Gasteiger partial charge in [-0.25, -0.2) is 4.68 Å². The van der Waals surface area contributed by atoms with E-state index < -0.39 is 0 Å².